The number of fused-ring (bicyclic) bond motifs is 2. The first-order chi connectivity index (χ1) is 11.1. The first-order valence-corrected chi connectivity index (χ1v) is 8.34. The molecule has 0 aliphatic carbocycles. The van der Waals surface area contributed by atoms with E-state index >= 15 is 0 Å². The maximum atomic E-state index is 12.3. The molecule has 4 rings (SSSR count). The summed E-state index contributed by atoms with van der Waals surface area (Å²) in [5.41, 5.74) is 0.729. The summed E-state index contributed by atoms with van der Waals surface area (Å²) in [4.78, 5) is 16.4. The van der Waals surface area contributed by atoms with Crippen molar-refractivity contribution >= 4 is 29.1 Å². The van der Waals surface area contributed by atoms with Crippen molar-refractivity contribution in [2.24, 2.45) is 0 Å². The smallest absolute Gasteiger partial charge is 0.307 e. The second-order valence-electron chi connectivity index (χ2n) is 6.02. The molecule has 1 aromatic carbocycles. The van der Waals surface area contributed by atoms with Gasteiger partial charge in [-0.15, -0.1) is 0 Å². The molecule has 7 heteroatoms. The third kappa shape index (κ3) is 2.84. The number of halogens is 2. The van der Waals surface area contributed by atoms with E-state index < -0.39 is 0 Å². The van der Waals surface area contributed by atoms with Crippen LogP contribution in [0.25, 0.3) is 11.3 Å². The van der Waals surface area contributed by atoms with E-state index in [2.05, 4.69) is 15.6 Å². The minimum atomic E-state index is -0.282. The van der Waals surface area contributed by atoms with Crippen LogP contribution < -0.4 is 10.6 Å². The van der Waals surface area contributed by atoms with Crippen LogP contribution in [0.15, 0.2) is 28.8 Å². The van der Waals surface area contributed by atoms with E-state index in [1.807, 2.05) is 0 Å². The molecule has 2 aliphatic rings. The maximum absolute atomic E-state index is 12.3. The molecule has 0 spiro atoms. The number of carbonyl (C=O) groups excluding carboxylic acids is 1. The Kier molecular flexibility index (Phi) is 3.79. The van der Waals surface area contributed by atoms with E-state index in [0.29, 0.717) is 27.9 Å². The molecule has 0 radical (unpaired) electrons. The van der Waals surface area contributed by atoms with Gasteiger partial charge in [-0.05, 0) is 37.5 Å². The van der Waals surface area contributed by atoms with E-state index in [1.54, 1.807) is 18.2 Å². The number of oxazole rings is 1. The first kappa shape index (κ1) is 15.0. The standard InChI is InChI=1S/C16H15Cl2N3O2/c17-10-3-1-8(5-11(10)18)14-7-19-16(23-14)15(22)21-13-6-9-2-4-12(13)20-9/h1,3,5,7,9,12-13,20H,2,4,6H2,(H,21,22)/t9-,12+,13-/m1/s1. The molecule has 5 nitrogen and oxygen atoms in total. The molecule has 3 heterocycles. The van der Waals surface area contributed by atoms with Gasteiger partial charge in [0.05, 0.1) is 16.2 Å². The normalized spacial score (nSPS) is 25.7. The van der Waals surface area contributed by atoms with Gasteiger partial charge in [-0.25, -0.2) is 4.98 Å². The second kappa shape index (κ2) is 5.82. The van der Waals surface area contributed by atoms with Crippen LogP contribution >= 0.6 is 23.2 Å². The lowest BCUT2D eigenvalue weighted by Gasteiger charge is -2.20. The molecule has 1 aromatic heterocycles. The van der Waals surface area contributed by atoms with Crippen LogP contribution in [0.4, 0.5) is 0 Å². The van der Waals surface area contributed by atoms with Crippen molar-refractivity contribution < 1.29 is 9.21 Å². The Labute approximate surface area is 143 Å². The van der Waals surface area contributed by atoms with Gasteiger partial charge < -0.3 is 15.1 Å². The zero-order valence-corrected chi connectivity index (χ0v) is 13.7. The van der Waals surface area contributed by atoms with Crippen LogP contribution in [0.5, 0.6) is 0 Å². The largest absolute Gasteiger partial charge is 0.432 e. The average Bonchev–Trinajstić information content (AvgIpc) is 3.25. The maximum Gasteiger partial charge on any atom is 0.307 e. The Balaban J connectivity index is 1.48. The molecule has 2 N–H and O–H groups in total. The van der Waals surface area contributed by atoms with Crippen molar-refractivity contribution in [2.45, 2.75) is 37.4 Å². The fourth-order valence-electron chi connectivity index (χ4n) is 3.38. The number of hydrogen-bond donors (Lipinski definition) is 2. The Morgan fingerprint density at radius 1 is 1.30 bits per heavy atom. The van der Waals surface area contributed by atoms with E-state index in [4.69, 9.17) is 27.6 Å². The van der Waals surface area contributed by atoms with Crippen LogP contribution in [0.3, 0.4) is 0 Å². The molecular formula is C16H15Cl2N3O2. The van der Waals surface area contributed by atoms with Crippen molar-refractivity contribution in [3.63, 3.8) is 0 Å². The highest BCUT2D eigenvalue weighted by Gasteiger charge is 2.40. The van der Waals surface area contributed by atoms with Crippen LogP contribution in [0.1, 0.15) is 29.9 Å². The third-order valence-corrected chi connectivity index (χ3v) is 5.26. The van der Waals surface area contributed by atoms with E-state index in [1.165, 1.54) is 12.6 Å². The van der Waals surface area contributed by atoms with Gasteiger partial charge in [0, 0.05) is 23.7 Å². The molecule has 0 saturated carbocycles. The number of nitrogens with zero attached hydrogens (tertiary/aromatic N) is 1. The number of amides is 1. The van der Waals surface area contributed by atoms with Gasteiger partial charge >= 0.3 is 5.91 Å². The average molecular weight is 352 g/mol. The molecule has 2 aliphatic heterocycles. The third-order valence-electron chi connectivity index (χ3n) is 4.52. The van der Waals surface area contributed by atoms with Crippen molar-refractivity contribution in [3.8, 4) is 11.3 Å². The lowest BCUT2D eigenvalue weighted by Crippen LogP contribution is -2.43. The van der Waals surface area contributed by atoms with Crippen LogP contribution in [-0.2, 0) is 0 Å². The fraction of sp³-hybridized carbons (Fsp3) is 0.375. The highest BCUT2D eigenvalue weighted by atomic mass is 35.5. The monoisotopic (exact) mass is 351 g/mol. The molecule has 3 atom stereocenters. The summed E-state index contributed by atoms with van der Waals surface area (Å²) >= 11 is 11.9. The quantitative estimate of drug-likeness (QED) is 0.890. The van der Waals surface area contributed by atoms with Gasteiger partial charge in [0.2, 0.25) is 0 Å². The van der Waals surface area contributed by atoms with Crippen LogP contribution in [0.2, 0.25) is 10.0 Å². The molecule has 2 fully saturated rings. The molecule has 0 unspecified atom stereocenters. The van der Waals surface area contributed by atoms with Gasteiger partial charge in [0.25, 0.3) is 5.89 Å². The fourth-order valence-corrected chi connectivity index (χ4v) is 3.67. The molecule has 2 saturated heterocycles. The predicted octanol–water partition coefficient (Wildman–Crippen LogP) is 3.27. The Bertz CT molecular complexity index is 762. The molecular weight excluding hydrogens is 337 g/mol. The molecule has 120 valence electrons. The Morgan fingerprint density at radius 3 is 2.87 bits per heavy atom. The molecule has 23 heavy (non-hydrogen) atoms. The van der Waals surface area contributed by atoms with E-state index in [-0.39, 0.29) is 17.8 Å². The number of aromatic nitrogens is 1. The summed E-state index contributed by atoms with van der Waals surface area (Å²) in [5.74, 6) is 0.268. The van der Waals surface area contributed by atoms with Gasteiger partial charge in [-0.3, -0.25) is 4.79 Å². The van der Waals surface area contributed by atoms with Crippen molar-refractivity contribution in [2.75, 3.05) is 0 Å². The van der Waals surface area contributed by atoms with Gasteiger partial charge in [0.1, 0.15) is 0 Å². The van der Waals surface area contributed by atoms with Gasteiger partial charge in [-0.2, -0.15) is 0 Å². The number of nitrogens with one attached hydrogen (secondary N) is 2. The predicted molar refractivity (Wildman–Crippen MR) is 87.8 cm³/mol. The number of rotatable bonds is 3. The molecule has 2 bridgehead atoms. The zero-order valence-electron chi connectivity index (χ0n) is 12.2. The number of hydrogen-bond acceptors (Lipinski definition) is 4. The summed E-state index contributed by atoms with van der Waals surface area (Å²) < 4.78 is 5.57. The zero-order chi connectivity index (χ0) is 16.0. The Hall–Kier alpha value is -1.56. The molecule has 2 aromatic rings. The summed E-state index contributed by atoms with van der Waals surface area (Å²) in [6, 6.07) is 6.20. The highest BCUT2D eigenvalue weighted by Crippen LogP contribution is 2.30. The summed E-state index contributed by atoms with van der Waals surface area (Å²) in [6.45, 7) is 0. The minimum absolute atomic E-state index is 0.0637. The number of benzene rings is 1. The summed E-state index contributed by atoms with van der Waals surface area (Å²) in [6.07, 6.45) is 4.79. The van der Waals surface area contributed by atoms with E-state index in [0.717, 1.165) is 18.4 Å². The van der Waals surface area contributed by atoms with Gasteiger partial charge in [-0.1, -0.05) is 23.2 Å². The Morgan fingerprint density at radius 2 is 2.17 bits per heavy atom. The van der Waals surface area contributed by atoms with Crippen molar-refractivity contribution in [3.05, 3.63) is 40.3 Å². The van der Waals surface area contributed by atoms with Crippen LogP contribution in [0, 0.1) is 0 Å². The van der Waals surface area contributed by atoms with Crippen molar-refractivity contribution in [1.82, 2.24) is 15.6 Å². The summed E-state index contributed by atoms with van der Waals surface area (Å²) in [7, 11) is 0. The summed E-state index contributed by atoms with van der Waals surface area (Å²) in [5, 5.41) is 7.39. The molecule has 1 amide bonds. The topological polar surface area (TPSA) is 67.2 Å². The van der Waals surface area contributed by atoms with E-state index in [9.17, 15) is 4.79 Å². The van der Waals surface area contributed by atoms with Gasteiger partial charge in [0.15, 0.2) is 5.76 Å². The minimum Gasteiger partial charge on any atom is -0.432 e. The highest BCUT2D eigenvalue weighted by molar-refractivity contribution is 6.42. The second-order valence-corrected chi connectivity index (χ2v) is 6.84. The lowest BCUT2D eigenvalue weighted by atomic mass is 9.95. The SMILES string of the molecule is O=C(N[C@@H]1C[C@H]2CC[C@@H]1N2)c1ncc(-c2ccc(Cl)c(Cl)c2)o1. The lowest BCUT2D eigenvalue weighted by molar-refractivity contribution is 0.0896. The number of carbonyl (C=O) groups is 1. The van der Waals surface area contributed by atoms with Crippen molar-refractivity contribution in [1.29, 1.82) is 0 Å². The first-order valence-electron chi connectivity index (χ1n) is 7.58. The van der Waals surface area contributed by atoms with Crippen LogP contribution in [-0.4, -0.2) is 29.0 Å².